The molecule has 2 bridgehead atoms. The molecule has 0 amide bonds. The third-order valence-electron chi connectivity index (χ3n) is 7.47. The van der Waals surface area contributed by atoms with E-state index < -0.39 is 5.60 Å². The molecule has 0 aliphatic heterocycles. The average Bonchev–Trinajstić information content (AvgIpc) is 2.66. The number of hydrogen-bond acceptors (Lipinski definition) is 1. The summed E-state index contributed by atoms with van der Waals surface area (Å²) in [6, 6.07) is 0. The Morgan fingerprint density at radius 3 is 2.50 bits per heavy atom. The average molecular weight is 276 g/mol. The predicted octanol–water partition coefficient (Wildman–Crippen LogP) is 4.80. The second-order valence-electron chi connectivity index (χ2n) is 9.20. The molecule has 1 unspecified atom stereocenters. The van der Waals surface area contributed by atoms with Gasteiger partial charge in [-0.1, -0.05) is 26.3 Å². The van der Waals surface area contributed by atoms with Crippen molar-refractivity contribution in [1.82, 2.24) is 0 Å². The normalized spacial score (nSPS) is 52.9. The van der Waals surface area contributed by atoms with Gasteiger partial charge in [-0.25, -0.2) is 0 Å². The van der Waals surface area contributed by atoms with Crippen molar-refractivity contribution in [2.24, 2.45) is 34.5 Å². The van der Waals surface area contributed by atoms with Gasteiger partial charge in [-0.05, 0) is 80.5 Å². The fraction of sp³-hybridized carbons (Fsp3) is 0.895. The van der Waals surface area contributed by atoms with Gasteiger partial charge in [-0.2, -0.15) is 0 Å². The second-order valence-corrected chi connectivity index (χ2v) is 9.20. The molecular weight excluding hydrogens is 244 g/mol. The fourth-order valence-electron chi connectivity index (χ4n) is 6.97. The van der Waals surface area contributed by atoms with Gasteiger partial charge >= 0.3 is 0 Å². The molecule has 1 N–H and O–H groups in total. The lowest BCUT2D eigenvalue weighted by Gasteiger charge is -2.44. The lowest BCUT2D eigenvalue weighted by atomic mass is 9.64. The van der Waals surface area contributed by atoms with Gasteiger partial charge < -0.3 is 5.11 Å². The van der Waals surface area contributed by atoms with Crippen molar-refractivity contribution in [3.63, 3.8) is 0 Å². The molecule has 3 saturated carbocycles. The molecule has 0 aromatic heterocycles. The first-order valence-corrected chi connectivity index (χ1v) is 8.48. The fourth-order valence-corrected chi connectivity index (χ4v) is 6.97. The molecule has 3 fully saturated rings. The van der Waals surface area contributed by atoms with Crippen molar-refractivity contribution < 1.29 is 5.11 Å². The molecule has 0 aromatic carbocycles. The van der Waals surface area contributed by atoms with E-state index in [0.717, 1.165) is 24.2 Å². The van der Waals surface area contributed by atoms with Gasteiger partial charge in [0.05, 0.1) is 5.60 Å². The quantitative estimate of drug-likeness (QED) is 0.718. The minimum Gasteiger partial charge on any atom is -0.390 e. The van der Waals surface area contributed by atoms with Crippen molar-refractivity contribution in [2.45, 2.75) is 72.3 Å². The van der Waals surface area contributed by atoms with Crippen LogP contribution in [0.25, 0.3) is 0 Å². The summed E-state index contributed by atoms with van der Waals surface area (Å²) in [5.41, 5.74) is 1.66. The van der Waals surface area contributed by atoms with Gasteiger partial charge in [0.1, 0.15) is 0 Å². The smallest absolute Gasteiger partial charge is 0.0653 e. The van der Waals surface area contributed by atoms with E-state index >= 15 is 0 Å². The Morgan fingerprint density at radius 2 is 1.90 bits per heavy atom. The summed E-state index contributed by atoms with van der Waals surface area (Å²) in [4.78, 5) is 0. The van der Waals surface area contributed by atoms with E-state index in [-0.39, 0.29) is 5.41 Å². The summed E-state index contributed by atoms with van der Waals surface area (Å²) < 4.78 is 0. The van der Waals surface area contributed by atoms with E-state index in [1.807, 2.05) is 0 Å². The monoisotopic (exact) mass is 276 g/mol. The summed E-state index contributed by atoms with van der Waals surface area (Å²) in [7, 11) is 0. The van der Waals surface area contributed by atoms with Gasteiger partial charge in [0, 0.05) is 0 Å². The number of rotatable bonds is 2. The van der Waals surface area contributed by atoms with E-state index in [4.69, 9.17) is 0 Å². The molecule has 3 rings (SSSR count). The van der Waals surface area contributed by atoms with Crippen molar-refractivity contribution in [3.8, 4) is 0 Å². The van der Waals surface area contributed by atoms with Crippen molar-refractivity contribution in [2.75, 3.05) is 0 Å². The SMILES string of the molecule is C=C(C)CC1C[C@@H](C)[C@]23CC[C@@](C)(O)[C@H](C2)C(C)(C)[C@H]13. The van der Waals surface area contributed by atoms with Crippen LogP contribution in [0.15, 0.2) is 12.2 Å². The van der Waals surface area contributed by atoms with Crippen LogP contribution in [-0.2, 0) is 0 Å². The molecule has 1 spiro atoms. The molecular formula is C19H32O. The topological polar surface area (TPSA) is 20.2 Å². The van der Waals surface area contributed by atoms with Crippen LogP contribution in [-0.4, -0.2) is 10.7 Å². The maximum Gasteiger partial charge on any atom is 0.0653 e. The maximum absolute atomic E-state index is 10.9. The van der Waals surface area contributed by atoms with Crippen molar-refractivity contribution >= 4 is 0 Å². The molecule has 20 heavy (non-hydrogen) atoms. The van der Waals surface area contributed by atoms with Gasteiger partial charge in [-0.3, -0.25) is 0 Å². The lowest BCUT2D eigenvalue weighted by Crippen LogP contribution is -2.44. The Morgan fingerprint density at radius 1 is 1.25 bits per heavy atom. The third kappa shape index (κ3) is 1.71. The Hall–Kier alpha value is -0.300. The summed E-state index contributed by atoms with van der Waals surface area (Å²) in [6.07, 6.45) is 6.05. The van der Waals surface area contributed by atoms with Gasteiger partial charge in [0.2, 0.25) is 0 Å². The highest BCUT2D eigenvalue weighted by molar-refractivity contribution is 5.19. The molecule has 0 saturated heterocycles. The summed E-state index contributed by atoms with van der Waals surface area (Å²) in [6.45, 7) is 15.8. The number of aliphatic hydroxyl groups is 1. The first-order valence-electron chi connectivity index (χ1n) is 8.48. The zero-order valence-corrected chi connectivity index (χ0v) is 14.0. The Kier molecular flexibility index (Phi) is 3.02. The van der Waals surface area contributed by atoms with Crippen LogP contribution in [0, 0.1) is 34.5 Å². The molecule has 114 valence electrons. The number of hydrogen-bond donors (Lipinski definition) is 1. The first-order chi connectivity index (χ1) is 9.11. The van der Waals surface area contributed by atoms with Crippen LogP contribution in [0.1, 0.15) is 66.7 Å². The van der Waals surface area contributed by atoms with E-state index in [1.165, 1.54) is 31.3 Å². The van der Waals surface area contributed by atoms with Gasteiger partial charge in [-0.15, -0.1) is 6.58 Å². The third-order valence-corrected chi connectivity index (χ3v) is 7.47. The van der Waals surface area contributed by atoms with E-state index in [0.29, 0.717) is 11.3 Å². The number of fused-ring (bicyclic) bond motifs is 1. The van der Waals surface area contributed by atoms with Crippen LogP contribution in [0.5, 0.6) is 0 Å². The maximum atomic E-state index is 10.9. The van der Waals surface area contributed by atoms with Crippen molar-refractivity contribution in [3.05, 3.63) is 12.2 Å². The molecule has 0 radical (unpaired) electrons. The highest BCUT2D eigenvalue weighted by Crippen LogP contribution is 2.75. The minimum absolute atomic E-state index is 0.269. The van der Waals surface area contributed by atoms with Crippen LogP contribution >= 0.6 is 0 Å². The number of allylic oxidation sites excluding steroid dienone is 1. The lowest BCUT2D eigenvalue weighted by molar-refractivity contribution is -0.0727. The van der Waals surface area contributed by atoms with E-state index in [1.54, 1.807) is 0 Å². The van der Waals surface area contributed by atoms with Crippen LogP contribution < -0.4 is 0 Å². The zero-order chi connectivity index (χ0) is 14.9. The molecule has 1 heteroatoms. The molecule has 3 aliphatic carbocycles. The predicted molar refractivity (Wildman–Crippen MR) is 84.4 cm³/mol. The highest BCUT2D eigenvalue weighted by atomic mass is 16.3. The Balaban J connectivity index is 2.02. The summed E-state index contributed by atoms with van der Waals surface area (Å²) >= 11 is 0. The van der Waals surface area contributed by atoms with Gasteiger partial charge in [0.15, 0.2) is 0 Å². The Bertz CT molecular complexity index is 433. The molecule has 3 aliphatic rings. The van der Waals surface area contributed by atoms with Crippen LogP contribution in [0.3, 0.4) is 0 Å². The summed E-state index contributed by atoms with van der Waals surface area (Å²) in [5, 5.41) is 10.9. The van der Waals surface area contributed by atoms with E-state index in [2.05, 4.69) is 41.2 Å². The molecule has 0 aromatic rings. The largest absolute Gasteiger partial charge is 0.390 e. The van der Waals surface area contributed by atoms with E-state index in [9.17, 15) is 5.11 Å². The first kappa shape index (κ1) is 14.6. The Labute approximate surface area is 124 Å². The van der Waals surface area contributed by atoms with Crippen LogP contribution in [0.4, 0.5) is 0 Å². The minimum atomic E-state index is -0.452. The van der Waals surface area contributed by atoms with Crippen molar-refractivity contribution in [1.29, 1.82) is 0 Å². The standard InChI is InChI=1S/C19H32O/c1-12(2)9-14-10-13(3)19-8-7-18(6,20)15(11-19)17(4,5)16(14)19/h13-16,20H,1,7-11H2,2-6H3/t13-,14?,15-,16+,18-,19+/m1/s1. The van der Waals surface area contributed by atoms with Crippen LogP contribution in [0.2, 0.25) is 0 Å². The summed E-state index contributed by atoms with van der Waals surface area (Å²) in [5.74, 6) is 2.86. The zero-order valence-electron chi connectivity index (χ0n) is 14.0. The highest BCUT2D eigenvalue weighted by Gasteiger charge is 2.69. The molecule has 6 atom stereocenters. The molecule has 0 heterocycles. The van der Waals surface area contributed by atoms with Gasteiger partial charge in [0.25, 0.3) is 0 Å². The second kappa shape index (κ2) is 4.12. The molecule has 1 nitrogen and oxygen atoms in total.